The number of ether oxygens (including phenoxy) is 2. The summed E-state index contributed by atoms with van der Waals surface area (Å²) in [4.78, 5) is 11.7. The third kappa shape index (κ3) is 2.33. The monoisotopic (exact) mass is 338 g/mol. The minimum Gasteiger partial charge on any atom is -0.465 e. The molecular formula is C14H15BrN2O3. The molecule has 1 atom stereocenters. The van der Waals surface area contributed by atoms with E-state index in [9.17, 15) is 4.79 Å². The molecular weight excluding hydrogens is 324 g/mol. The van der Waals surface area contributed by atoms with Gasteiger partial charge in [-0.25, -0.2) is 9.48 Å². The first-order valence-corrected chi connectivity index (χ1v) is 7.37. The van der Waals surface area contributed by atoms with Gasteiger partial charge in [0, 0.05) is 12.0 Å². The van der Waals surface area contributed by atoms with Crippen LogP contribution in [0.3, 0.4) is 0 Å². The van der Waals surface area contributed by atoms with Gasteiger partial charge in [-0.3, -0.25) is 0 Å². The number of carbonyl (C=O) groups excluding carboxylic acids is 1. The van der Waals surface area contributed by atoms with E-state index in [4.69, 9.17) is 9.47 Å². The molecule has 0 amide bonds. The van der Waals surface area contributed by atoms with Gasteiger partial charge in [-0.1, -0.05) is 0 Å². The number of carbonyl (C=O) groups is 1. The van der Waals surface area contributed by atoms with Gasteiger partial charge in [0.15, 0.2) is 6.23 Å². The lowest BCUT2D eigenvalue weighted by atomic mass is 10.1. The molecule has 2 aromatic rings. The maximum Gasteiger partial charge on any atom is 0.337 e. The molecule has 5 nitrogen and oxygen atoms in total. The summed E-state index contributed by atoms with van der Waals surface area (Å²) in [6.07, 6.45) is 3.08. The normalized spacial score (nSPS) is 19.2. The highest BCUT2D eigenvalue weighted by Gasteiger charge is 2.21. The van der Waals surface area contributed by atoms with E-state index in [1.165, 1.54) is 7.11 Å². The number of hydrogen-bond acceptors (Lipinski definition) is 4. The molecule has 0 radical (unpaired) electrons. The van der Waals surface area contributed by atoms with E-state index in [0.717, 1.165) is 41.4 Å². The Kier molecular flexibility index (Phi) is 3.76. The molecule has 1 saturated heterocycles. The van der Waals surface area contributed by atoms with Crippen LogP contribution in [0.15, 0.2) is 22.8 Å². The molecule has 1 fully saturated rings. The lowest BCUT2D eigenvalue weighted by Gasteiger charge is -2.23. The number of benzene rings is 1. The Hall–Kier alpha value is -1.40. The molecule has 1 aromatic carbocycles. The van der Waals surface area contributed by atoms with Crippen molar-refractivity contribution in [3.05, 3.63) is 28.4 Å². The highest BCUT2D eigenvalue weighted by molar-refractivity contribution is 9.10. The maximum atomic E-state index is 11.7. The van der Waals surface area contributed by atoms with Gasteiger partial charge >= 0.3 is 5.97 Å². The van der Waals surface area contributed by atoms with Crippen LogP contribution in [0, 0.1) is 0 Å². The van der Waals surface area contributed by atoms with Gasteiger partial charge in [-0.05, 0) is 53.4 Å². The first kappa shape index (κ1) is 13.6. The predicted octanol–water partition coefficient (Wildman–Crippen LogP) is 3.28. The Morgan fingerprint density at radius 3 is 3.05 bits per heavy atom. The number of esters is 1. The fourth-order valence-electron chi connectivity index (χ4n) is 2.48. The molecule has 0 N–H and O–H groups in total. The molecule has 1 aromatic heterocycles. The maximum absolute atomic E-state index is 11.7. The Balaban J connectivity index is 2.08. The average Bonchev–Trinajstić information content (AvgIpc) is 2.84. The van der Waals surface area contributed by atoms with Crippen molar-refractivity contribution in [1.29, 1.82) is 0 Å². The van der Waals surface area contributed by atoms with Crippen molar-refractivity contribution >= 4 is 32.8 Å². The van der Waals surface area contributed by atoms with E-state index in [-0.39, 0.29) is 12.2 Å². The molecule has 1 aliphatic heterocycles. The van der Waals surface area contributed by atoms with Gasteiger partial charge in [0.2, 0.25) is 0 Å². The Morgan fingerprint density at radius 1 is 1.50 bits per heavy atom. The molecule has 20 heavy (non-hydrogen) atoms. The summed E-state index contributed by atoms with van der Waals surface area (Å²) in [5, 5.41) is 5.46. The largest absolute Gasteiger partial charge is 0.465 e. The zero-order chi connectivity index (χ0) is 14.1. The molecule has 3 rings (SSSR count). The van der Waals surface area contributed by atoms with Gasteiger partial charge in [0.25, 0.3) is 0 Å². The smallest absolute Gasteiger partial charge is 0.337 e. The minimum atomic E-state index is -0.347. The highest BCUT2D eigenvalue weighted by atomic mass is 79.9. The summed E-state index contributed by atoms with van der Waals surface area (Å²) in [7, 11) is 1.38. The molecule has 0 bridgehead atoms. The summed E-state index contributed by atoms with van der Waals surface area (Å²) in [6.45, 7) is 0.750. The summed E-state index contributed by atoms with van der Waals surface area (Å²) in [5.74, 6) is -0.347. The average molecular weight is 339 g/mol. The second-order valence-electron chi connectivity index (χ2n) is 4.78. The van der Waals surface area contributed by atoms with Crippen LogP contribution in [0.4, 0.5) is 0 Å². The summed E-state index contributed by atoms with van der Waals surface area (Å²) < 4.78 is 13.2. The van der Waals surface area contributed by atoms with Crippen LogP contribution in [0.25, 0.3) is 10.9 Å². The highest BCUT2D eigenvalue weighted by Crippen LogP contribution is 2.30. The quantitative estimate of drug-likeness (QED) is 0.788. The van der Waals surface area contributed by atoms with E-state index < -0.39 is 0 Å². The Bertz CT molecular complexity index is 647. The molecule has 0 spiro atoms. The van der Waals surface area contributed by atoms with Gasteiger partial charge in [-0.15, -0.1) is 0 Å². The fraction of sp³-hybridized carbons (Fsp3) is 0.429. The van der Waals surface area contributed by atoms with Crippen LogP contribution in [-0.4, -0.2) is 29.5 Å². The number of methoxy groups -OCH3 is 1. The van der Waals surface area contributed by atoms with Crippen molar-refractivity contribution in [3.63, 3.8) is 0 Å². The second-order valence-corrected chi connectivity index (χ2v) is 5.53. The van der Waals surface area contributed by atoms with Crippen LogP contribution in [-0.2, 0) is 9.47 Å². The van der Waals surface area contributed by atoms with Crippen LogP contribution in [0.5, 0.6) is 0 Å². The lowest BCUT2D eigenvalue weighted by molar-refractivity contribution is -0.0368. The molecule has 1 aliphatic rings. The summed E-state index contributed by atoms with van der Waals surface area (Å²) in [5.41, 5.74) is 1.40. The summed E-state index contributed by atoms with van der Waals surface area (Å²) in [6, 6.07) is 5.42. The number of rotatable bonds is 2. The first-order valence-electron chi connectivity index (χ1n) is 6.58. The molecule has 1 unspecified atom stereocenters. The Morgan fingerprint density at radius 2 is 2.35 bits per heavy atom. The number of aromatic nitrogens is 2. The number of fused-ring (bicyclic) bond motifs is 1. The molecule has 0 saturated carbocycles. The summed E-state index contributed by atoms with van der Waals surface area (Å²) >= 11 is 3.46. The van der Waals surface area contributed by atoms with Crippen molar-refractivity contribution in [1.82, 2.24) is 9.78 Å². The molecule has 106 valence electrons. The van der Waals surface area contributed by atoms with Crippen molar-refractivity contribution in [2.75, 3.05) is 13.7 Å². The van der Waals surface area contributed by atoms with Crippen molar-refractivity contribution < 1.29 is 14.3 Å². The number of halogens is 1. The molecule has 2 heterocycles. The second kappa shape index (κ2) is 5.54. The Labute approximate surface area is 125 Å². The number of nitrogens with zero attached hydrogens (tertiary/aromatic N) is 2. The predicted molar refractivity (Wildman–Crippen MR) is 77.6 cm³/mol. The topological polar surface area (TPSA) is 53.3 Å². The zero-order valence-corrected chi connectivity index (χ0v) is 12.7. The fourth-order valence-corrected chi connectivity index (χ4v) is 2.99. The molecule has 0 aliphatic carbocycles. The first-order chi connectivity index (χ1) is 9.70. The number of hydrogen-bond donors (Lipinski definition) is 0. The third-order valence-electron chi connectivity index (χ3n) is 3.51. The minimum absolute atomic E-state index is 0.0644. The van der Waals surface area contributed by atoms with Crippen LogP contribution < -0.4 is 0 Å². The van der Waals surface area contributed by atoms with E-state index in [1.54, 1.807) is 12.1 Å². The van der Waals surface area contributed by atoms with Crippen LogP contribution in [0.2, 0.25) is 0 Å². The van der Waals surface area contributed by atoms with Crippen molar-refractivity contribution in [3.8, 4) is 0 Å². The van der Waals surface area contributed by atoms with E-state index >= 15 is 0 Å². The van der Waals surface area contributed by atoms with Crippen molar-refractivity contribution in [2.24, 2.45) is 0 Å². The van der Waals surface area contributed by atoms with Crippen LogP contribution in [0.1, 0.15) is 35.8 Å². The third-order valence-corrected chi connectivity index (χ3v) is 4.10. The van der Waals surface area contributed by atoms with Gasteiger partial charge in [-0.2, -0.15) is 5.10 Å². The SMILES string of the molecule is COC(=O)c1ccc2c(Br)nn(C3CCCCO3)c2c1. The van der Waals surface area contributed by atoms with Gasteiger partial charge in [0.05, 0.1) is 18.2 Å². The van der Waals surface area contributed by atoms with E-state index in [1.807, 2.05) is 10.7 Å². The standard InChI is InChI=1S/C14H15BrN2O3/c1-19-14(18)9-5-6-10-11(8-9)17(16-13(10)15)12-4-2-3-7-20-12/h5-6,8,12H,2-4,7H2,1H3. The van der Waals surface area contributed by atoms with E-state index in [2.05, 4.69) is 21.0 Å². The van der Waals surface area contributed by atoms with E-state index in [0.29, 0.717) is 5.56 Å². The zero-order valence-electron chi connectivity index (χ0n) is 11.1. The van der Waals surface area contributed by atoms with Crippen molar-refractivity contribution in [2.45, 2.75) is 25.5 Å². The van der Waals surface area contributed by atoms with Crippen LogP contribution >= 0.6 is 15.9 Å². The molecule has 6 heteroatoms. The van der Waals surface area contributed by atoms with Gasteiger partial charge in [0.1, 0.15) is 4.60 Å². The lowest BCUT2D eigenvalue weighted by Crippen LogP contribution is -2.19. The van der Waals surface area contributed by atoms with Gasteiger partial charge < -0.3 is 9.47 Å².